The van der Waals surface area contributed by atoms with Gasteiger partial charge in [0.2, 0.25) is 0 Å². The van der Waals surface area contributed by atoms with E-state index in [1.54, 1.807) is 0 Å². The van der Waals surface area contributed by atoms with Gasteiger partial charge in [-0.05, 0) is 32.4 Å². The van der Waals surface area contributed by atoms with E-state index in [-0.39, 0.29) is 11.9 Å². The Hall–Kier alpha value is -1.71. The minimum atomic E-state index is -0.0681. The highest BCUT2D eigenvalue weighted by molar-refractivity contribution is 7.71. The van der Waals surface area contributed by atoms with Crippen LogP contribution in [0.2, 0.25) is 0 Å². The quantitative estimate of drug-likeness (QED) is 0.670. The summed E-state index contributed by atoms with van der Waals surface area (Å²) in [6, 6.07) is 4.22. The summed E-state index contributed by atoms with van der Waals surface area (Å²) in [5, 5.41) is 9.28. The molecule has 23 heavy (non-hydrogen) atoms. The molecule has 2 heterocycles. The van der Waals surface area contributed by atoms with Crippen LogP contribution in [0.3, 0.4) is 0 Å². The van der Waals surface area contributed by atoms with E-state index in [1.807, 2.05) is 31.4 Å². The Kier molecular flexibility index (Phi) is 5.91. The molecule has 0 bridgehead atoms. The highest BCUT2D eigenvalue weighted by Gasteiger charge is 2.28. The zero-order chi connectivity index (χ0) is 17.0. The second-order valence-corrected chi connectivity index (χ2v) is 6.51. The first kappa shape index (κ1) is 17.6. The molecule has 124 valence electrons. The third-order valence-electron chi connectivity index (χ3n) is 4.51. The van der Waals surface area contributed by atoms with E-state index in [0.29, 0.717) is 16.8 Å². The van der Waals surface area contributed by atoms with E-state index in [0.717, 1.165) is 43.9 Å². The monoisotopic (exact) mass is 334 g/mol. The molecule has 1 aliphatic rings. The van der Waals surface area contributed by atoms with Crippen molar-refractivity contribution in [2.24, 2.45) is 5.92 Å². The minimum absolute atomic E-state index is 0.0282. The van der Waals surface area contributed by atoms with Crippen LogP contribution >= 0.6 is 12.2 Å². The van der Waals surface area contributed by atoms with E-state index in [4.69, 9.17) is 17.0 Å². The van der Waals surface area contributed by atoms with Gasteiger partial charge >= 0.3 is 5.97 Å². The Morgan fingerprint density at radius 2 is 2.13 bits per heavy atom. The molecule has 5 nitrogen and oxygen atoms in total. The number of nitrogens with one attached hydrogen (secondary N) is 1. The molecule has 0 amide bonds. The average Bonchev–Trinajstić information content (AvgIpc) is 2.52. The molecule has 0 radical (unpaired) electrons. The van der Waals surface area contributed by atoms with Gasteiger partial charge in [0.05, 0.1) is 31.2 Å². The van der Waals surface area contributed by atoms with Crippen molar-refractivity contribution >= 4 is 18.2 Å². The lowest BCUT2D eigenvalue weighted by Crippen LogP contribution is -3.12. The maximum atomic E-state index is 11.8. The SMILES string of the molecule is CCOC(=O)C1CC[NH+](Cn2c(C)cc(C)c(C#N)c2=S)CC1. The first-order valence-corrected chi connectivity index (χ1v) is 8.50. The number of hydrogen-bond donors (Lipinski definition) is 1. The summed E-state index contributed by atoms with van der Waals surface area (Å²) in [6.45, 7) is 8.81. The largest absolute Gasteiger partial charge is 0.466 e. The van der Waals surface area contributed by atoms with Crippen LogP contribution in [0.15, 0.2) is 6.07 Å². The van der Waals surface area contributed by atoms with Gasteiger partial charge in [-0.25, -0.2) is 0 Å². The second kappa shape index (κ2) is 7.71. The number of rotatable bonds is 4. The number of nitriles is 1. The number of esters is 1. The van der Waals surface area contributed by atoms with Crippen LogP contribution in [0.1, 0.15) is 36.6 Å². The molecule has 1 saturated heterocycles. The zero-order valence-corrected chi connectivity index (χ0v) is 14.8. The molecule has 1 fully saturated rings. The fourth-order valence-electron chi connectivity index (χ4n) is 3.16. The lowest BCUT2D eigenvalue weighted by molar-refractivity contribution is -0.928. The second-order valence-electron chi connectivity index (χ2n) is 6.12. The van der Waals surface area contributed by atoms with Crippen LogP contribution in [0, 0.1) is 35.7 Å². The van der Waals surface area contributed by atoms with Crippen LogP contribution in [-0.4, -0.2) is 30.2 Å². The number of carbonyl (C=O) groups excluding carboxylic acids is 1. The summed E-state index contributed by atoms with van der Waals surface area (Å²) in [6.07, 6.45) is 1.69. The third-order valence-corrected chi connectivity index (χ3v) is 4.94. The topological polar surface area (TPSA) is 59.5 Å². The zero-order valence-electron chi connectivity index (χ0n) is 14.0. The summed E-state index contributed by atoms with van der Waals surface area (Å²) < 4.78 is 7.77. The third kappa shape index (κ3) is 3.98. The van der Waals surface area contributed by atoms with Crippen molar-refractivity contribution in [2.45, 2.75) is 40.3 Å². The molecular weight excluding hydrogens is 310 g/mol. The molecule has 1 N–H and O–H groups in total. The number of ether oxygens (including phenoxy) is 1. The van der Waals surface area contributed by atoms with E-state index in [9.17, 15) is 10.1 Å². The van der Waals surface area contributed by atoms with Crippen molar-refractivity contribution in [1.82, 2.24) is 4.57 Å². The van der Waals surface area contributed by atoms with Gasteiger partial charge in [0.15, 0.2) is 6.67 Å². The number of hydrogen-bond acceptors (Lipinski definition) is 4. The molecule has 0 spiro atoms. The molecule has 0 atom stereocenters. The maximum Gasteiger partial charge on any atom is 0.309 e. The van der Waals surface area contributed by atoms with Gasteiger partial charge in [0.25, 0.3) is 0 Å². The van der Waals surface area contributed by atoms with Gasteiger partial charge in [-0.2, -0.15) is 5.26 Å². The fourth-order valence-corrected chi connectivity index (χ4v) is 3.58. The molecule has 0 unspecified atom stereocenters. The van der Waals surface area contributed by atoms with Gasteiger partial charge in [-0.1, -0.05) is 12.2 Å². The lowest BCUT2D eigenvalue weighted by Gasteiger charge is -2.29. The number of pyridine rings is 1. The van der Waals surface area contributed by atoms with Gasteiger partial charge in [0, 0.05) is 18.5 Å². The molecular formula is C17H24N3O2S+. The Bertz CT molecular complexity index is 682. The van der Waals surface area contributed by atoms with Crippen LogP contribution in [0.5, 0.6) is 0 Å². The molecule has 0 aromatic carbocycles. The summed E-state index contributed by atoms with van der Waals surface area (Å²) >= 11 is 5.49. The van der Waals surface area contributed by atoms with Gasteiger partial charge < -0.3 is 9.64 Å². The highest BCUT2D eigenvalue weighted by Crippen LogP contribution is 2.14. The number of quaternary nitrogens is 1. The van der Waals surface area contributed by atoms with Crippen molar-refractivity contribution in [1.29, 1.82) is 5.26 Å². The Balaban J connectivity index is 2.07. The van der Waals surface area contributed by atoms with Gasteiger partial charge in [-0.3, -0.25) is 9.36 Å². The van der Waals surface area contributed by atoms with Gasteiger partial charge in [-0.15, -0.1) is 0 Å². The normalized spacial score (nSPS) is 20.8. The Morgan fingerprint density at radius 3 is 2.70 bits per heavy atom. The molecule has 1 aromatic heterocycles. The van der Waals surface area contributed by atoms with E-state index < -0.39 is 0 Å². The van der Waals surface area contributed by atoms with Crippen LogP contribution < -0.4 is 4.90 Å². The number of aromatic nitrogens is 1. The summed E-state index contributed by atoms with van der Waals surface area (Å²) in [5.74, 6) is -0.0399. The Morgan fingerprint density at radius 1 is 1.48 bits per heavy atom. The summed E-state index contributed by atoms with van der Waals surface area (Å²) in [7, 11) is 0. The standard InChI is InChI=1S/C17H23N3O2S/c1-4-22-17(21)14-5-7-19(8-6-14)11-20-13(3)9-12(2)15(10-18)16(20)23/h9,14H,4-8,11H2,1-3H3/p+1. The van der Waals surface area contributed by atoms with Crippen molar-refractivity contribution in [3.05, 3.63) is 27.5 Å². The van der Waals surface area contributed by atoms with Crippen LogP contribution in [0.4, 0.5) is 0 Å². The molecule has 1 aromatic rings. The minimum Gasteiger partial charge on any atom is -0.466 e. The summed E-state index contributed by atoms with van der Waals surface area (Å²) in [4.78, 5) is 13.2. The molecule has 2 rings (SSSR count). The van der Waals surface area contributed by atoms with Crippen LogP contribution in [0.25, 0.3) is 0 Å². The van der Waals surface area contributed by atoms with Crippen molar-refractivity contribution in [2.75, 3.05) is 19.7 Å². The van der Waals surface area contributed by atoms with Crippen LogP contribution in [-0.2, 0) is 16.2 Å². The number of likely N-dealkylation sites (tertiary alicyclic amines) is 1. The first-order valence-electron chi connectivity index (χ1n) is 8.09. The van der Waals surface area contributed by atoms with Crippen molar-refractivity contribution in [3.8, 4) is 6.07 Å². The number of piperidine rings is 1. The predicted molar refractivity (Wildman–Crippen MR) is 89.5 cm³/mol. The van der Waals surface area contributed by atoms with E-state index in [2.05, 4.69) is 6.07 Å². The van der Waals surface area contributed by atoms with E-state index >= 15 is 0 Å². The van der Waals surface area contributed by atoms with Crippen molar-refractivity contribution in [3.63, 3.8) is 0 Å². The molecule has 0 saturated carbocycles. The first-order chi connectivity index (χ1) is 11.0. The Labute approximate surface area is 142 Å². The van der Waals surface area contributed by atoms with E-state index in [1.165, 1.54) is 4.90 Å². The molecule has 0 aliphatic carbocycles. The smallest absolute Gasteiger partial charge is 0.309 e. The lowest BCUT2D eigenvalue weighted by atomic mass is 9.97. The maximum absolute atomic E-state index is 11.8. The average molecular weight is 334 g/mol. The highest BCUT2D eigenvalue weighted by atomic mass is 32.1. The molecule has 6 heteroatoms. The number of nitrogens with zero attached hydrogens (tertiary/aromatic N) is 2. The number of carbonyl (C=O) groups is 1. The van der Waals surface area contributed by atoms with Gasteiger partial charge in [0.1, 0.15) is 10.7 Å². The van der Waals surface area contributed by atoms with Crippen molar-refractivity contribution < 1.29 is 14.4 Å². The number of aryl methyl sites for hydroxylation is 2. The fraction of sp³-hybridized carbons (Fsp3) is 0.588. The molecule has 1 aliphatic heterocycles. The predicted octanol–water partition coefficient (Wildman–Crippen LogP) is 1.52. The summed E-state index contributed by atoms with van der Waals surface area (Å²) in [5.41, 5.74) is 2.60.